The third-order valence-corrected chi connectivity index (χ3v) is 3.06. The SMILES string of the molecule is CC(Nc1ncc(F)cc1C(=O)O)c1ccc(Cl)cc1. The van der Waals surface area contributed by atoms with Crippen LogP contribution in [0.1, 0.15) is 28.9 Å². The van der Waals surface area contributed by atoms with Crippen molar-refractivity contribution in [3.63, 3.8) is 0 Å². The summed E-state index contributed by atoms with van der Waals surface area (Å²) in [6.07, 6.45) is 0.976. The van der Waals surface area contributed by atoms with Crippen molar-refractivity contribution in [2.24, 2.45) is 0 Å². The van der Waals surface area contributed by atoms with Gasteiger partial charge in [0.2, 0.25) is 0 Å². The third kappa shape index (κ3) is 3.24. The van der Waals surface area contributed by atoms with Crippen LogP contribution >= 0.6 is 11.6 Å². The Bertz CT molecular complexity index is 632. The van der Waals surface area contributed by atoms with Crippen molar-refractivity contribution in [2.45, 2.75) is 13.0 Å². The molecule has 6 heteroatoms. The van der Waals surface area contributed by atoms with Crippen LogP contribution in [0.3, 0.4) is 0 Å². The van der Waals surface area contributed by atoms with Gasteiger partial charge in [0.05, 0.1) is 6.20 Å². The van der Waals surface area contributed by atoms with Crippen molar-refractivity contribution < 1.29 is 14.3 Å². The molecule has 0 saturated heterocycles. The Morgan fingerprint density at radius 2 is 2.05 bits per heavy atom. The summed E-state index contributed by atoms with van der Waals surface area (Å²) >= 11 is 5.81. The number of anilines is 1. The zero-order valence-electron chi connectivity index (χ0n) is 10.6. The van der Waals surface area contributed by atoms with Gasteiger partial charge in [0.15, 0.2) is 0 Å². The van der Waals surface area contributed by atoms with Gasteiger partial charge in [0.1, 0.15) is 17.2 Å². The van der Waals surface area contributed by atoms with Crippen molar-refractivity contribution in [3.05, 3.63) is 58.5 Å². The lowest BCUT2D eigenvalue weighted by Crippen LogP contribution is -2.12. The number of nitrogens with zero attached hydrogens (tertiary/aromatic N) is 1. The van der Waals surface area contributed by atoms with Gasteiger partial charge in [-0.1, -0.05) is 23.7 Å². The summed E-state index contributed by atoms with van der Waals surface area (Å²) in [6.45, 7) is 1.85. The maximum absolute atomic E-state index is 13.0. The van der Waals surface area contributed by atoms with Gasteiger partial charge >= 0.3 is 5.97 Å². The highest BCUT2D eigenvalue weighted by Crippen LogP contribution is 2.22. The Morgan fingerprint density at radius 3 is 2.65 bits per heavy atom. The number of hydrogen-bond acceptors (Lipinski definition) is 3. The molecule has 0 fully saturated rings. The van der Waals surface area contributed by atoms with E-state index in [9.17, 15) is 9.18 Å². The van der Waals surface area contributed by atoms with Gasteiger partial charge in [-0.15, -0.1) is 0 Å². The minimum Gasteiger partial charge on any atom is -0.478 e. The molecule has 1 heterocycles. The van der Waals surface area contributed by atoms with E-state index in [1.807, 2.05) is 19.1 Å². The van der Waals surface area contributed by atoms with E-state index in [0.717, 1.165) is 17.8 Å². The second-order valence-electron chi connectivity index (χ2n) is 4.27. The Labute approximate surface area is 120 Å². The van der Waals surface area contributed by atoms with Crippen LogP contribution in [0.25, 0.3) is 0 Å². The van der Waals surface area contributed by atoms with Gasteiger partial charge in [-0.2, -0.15) is 0 Å². The van der Waals surface area contributed by atoms with Gasteiger partial charge in [-0.05, 0) is 30.7 Å². The summed E-state index contributed by atoms with van der Waals surface area (Å²) in [6, 6.07) is 7.87. The first kappa shape index (κ1) is 14.3. The van der Waals surface area contributed by atoms with Crippen molar-refractivity contribution in [1.29, 1.82) is 0 Å². The van der Waals surface area contributed by atoms with E-state index < -0.39 is 11.8 Å². The summed E-state index contributed by atoms with van der Waals surface area (Å²) in [5.74, 6) is -1.80. The molecule has 0 aliphatic rings. The largest absolute Gasteiger partial charge is 0.478 e. The molecule has 0 amide bonds. The number of aromatic nitrogens is 1. The van der Waals surface area contributed by atoms with Crippen LogP contribution in [0.2, 0.25) is 5.02 Å². The maximum Gasteiger partial charge on any atom is 0.339 e. The third-order valence-electron chi connectivity index (χ3n) is 2.81. The minimum atomic E-state index is -1.23. The predicted octanol–water partition coefficient (Wildman–Crippen LogP) is 3.75. The Hall–Kier alpha value is -2.14. The van der Waals surface area contributed by atoms with E-state index in [-0.39, 0.29) is 17.4 Å². The van der Waals surface area contributed by atoms with Crippen LogP contribution in [-0.2, 0) is 0 Å². The van der Waals surface area contributed by atoms with Crippen molar-refractivity contribution in [3.8, 4) is 0 Å². The van der Waals surface area contributed by atoms with E-state index in [4.69, 9.17) is 16.7 Å². The molecule has 0 aliphatic heterocycles. The lowest BCUT2D eigenvalue weighted by atomic mass is 10.1. The lowest BCUT2D eigenvalue weighted by molar-refractivity contribution is 0.0697. The number of hydrogen-bond donors (Lipinski definition) is 2. The number of pyridine rings is 1. The van der Waals surface area contributed by atoms with Gasteiger partial charge in [0, 0.05) is 11.1 Å². The maximum atomic E-state index is 13.0. The average molecular weight is 295 g/mol. The van der Waals surface area contributed by atoms with Crippen LogP contribution < -0.4 is 5.32 Å². The molecule has 0 spiro atoms. The molecule has 0 aliphatic carbocycles. The molecule has 2 aromatic rings. The number of benzene rings is 1. The van der Waals surface area contributed by atoms with Crippen LogP contribution in [-0.4, -0.2) is 16.1 Å². The number of halogens is 2. The van der Waals surface area contributed by atoms with Gasteiger partial charge in [-0.25, -0.2) is 14.2 Å². The fourth-order valence-corrected chi connectivity index (χ4v) is 1.88. The molecular weight excluding hydrogens is 283 g/mol. The van der Waals surface area contributed by atoms with E-state index >= 15 is 0 Å². The molecule has 1 atom stereocenters. The Kier molecular flexibility index (Phi) is 4.20. The monoisotopic (exact) mass is 294 g/mol. The fourth-order valence-electron chi connectivity index (χ4n) is 1.76. The number of aromatic carboxylic acids is 1. The average Bonchev–Trinajstić information content (AvgIpc) is 2.41. The lowest BCUT2D eigenvalue weighted by Gasteiger charge is -2.16. The topological polar surface area (TPSA) is 62.2 Å². The van der Waals surface area contributed by atoms with Crippen LogP contribution in [0.15, 0.2) is 36.5 Å². The highest BCUT2D eigenvalue weighted by atomic mass is 35.5. The predicted molar refractivity (Wildman–Crippen MR) is 74.6 cm³/mol. The zero-order valence-corrected chi connectivity index (χ0v) is 11.4. The first-order valence-corrected chi connectivity index (χ1v) is 6.26. The summed E-state index contributed by atoms with van der Waals surface area (Å²) < 4.78 is 13.0. The summed E-state index contributed by atoms with van der Waals surface area (Å²) in [5.41, 5.74) is 0.711. The van der Waals surface area contributed by atoms with Crippen LogP contribution in [0.5, 0.6) is 0 Å². The molecule has 1 unspecified atom stereocenters. The Morgan fingerprint density at radius 1 is 1.40 bits per heavy atom. The van der Waals surface area contributed by atoms with Gasteiger partial charge in [-0.3, -0.25) is 0 Å². The second kappa shape index (κ2) is 5.88. The molecule has 1 aromatic heterocycles. The quantitative estimate of drug-likeness (QED) is 0.901. The normalized spacial score (nSPS) is 11.9. The highest BCUT2D eigenvalue weighted by Gasteiger charge is 2.15. The molecular formula is C14H12ClFN2O2. The van der Waals surface area contributed by atoms with Crippen molar-refractivity contribution in [2.75, 3.05) is 5.32 Å². The first-order valence-electron chi connectivity index (χ1n) is 5.88. The Balaban J connectivity index is 2.25. The van der Waals surface area contributed by atoms with E-state index in [1.54, 1.807) is 12.1 Å². The van der Waals surface area contributed by atoms with Crippen molar-refractivity contribution >= 4 is 23.4 Å². The second-order valence-corrected chi connectivity index (χ2v) is 4.71. The fraction of sp³-hybridized carbons (Fsp3) is 0.143. The summed E-state index contributed by atoms with van der Waals surface area (Å²) in [5, 5.41) is 12.6. The molecule has 0 bridgehead atoms. The molecule has 2 N–H and O–H groups in total. The van der Waals surface area contributed by atoms with Gasteiger partial charge < -0.3 is 10.4 Å². The molecule has 0 saturated carbocycles. The number of carboxylic acid groups (broad SMARTS) is 1. The van der Waals surface area contributed by atoms with E-state index in [0.29, 0.717) is 5.02 Å². The van der Waals surface area contributed by atoms with Crippen molar-refractivity contribution in [1.82, 2.24) is 4.98 Å². The highest BCUT2D eigenvalue weighted by molar-refractivity contribution is 6.30. The molecule has 104 valence electrons. The molecule has 20 heavy (non-hydrogen) atoms. The minimum absolute atomic E-state index is 0.126. The van der Waals surface area contributed by atoms with Crippen LogP contribution in [0, 0.1) is 5.82 Å². The van der Waals surface area contributed by atoms with Gasteiger partial charge in [0.25, 0.3) is 0 Å². The standard InChI is InChI=1S/C14H12ClFN2O2/c1-8(9-2-4-10(15)5-3-9)18-13-12(14(19)20)6-11(16)7-17-13/h2-8H,1H3,(H,17,18)(H,19,20). The summed E-state index contributed by atoms with van der Waals surface area (Å²) in [4.78, 5) is 14.9. The molecule has 1 aromatic carbocycles. The molecule has 2 rings (SSSR count). The smallest absolute Gasteiger partial charge is 0.339 e. The number of carbonyl (C=O) groups is 1. The summed E-state index contributed by atoms with van der Waals surface area (Å²) in [7, 11) is 0. The van der Waals surface area contributed by atoms with E-state index in [2.05, 4.69) is 10.3 Å². The first-order chi connectivity index (χ1) is 9.47. The van der Waals surface area contributed by atoms with E-state index in [1.165, 1.54) is 0 Å². The number of nitrogens with one attached hydrogen (secondary N) is 1. The zero-order chi connectivity index (χ0) is 14.7. The number of carboxylic acids is 1. The molecule has 0 radical (unpaired) electrons. The van der Waals surface area contributed by atoms with Crippen LogP contribution in [0.4, 0.5) is 10.2 Å². The number of rotatable bonds is 4. The molecule has 4 nitrogen and oxygen atoms in total.